The van der Waals surface area contributed by atoms with E-state index in [1.807, 2.05) is 72.8 Å². The van der Waals surface area contributed by atoms with Crippen molar-refractivity contribution in [2.45, 2.75) is 6.04 Å². The van der Waals surface area contributed by atoms with Crippen LogP contribution in [-0.4, -0.2) is 5.71 Å². The number of hydrogen-bond acceptors (Lipinski definition) is 3. The molecule has 3 N–H and O–H groups in total. The Labute approximate surface area is 157 Å². The predicted molar refractivity (Wildman–Crippen MR) is 110 cm³/mol. The van der Waals surface area contributed by atoms with Crippen molar-refractivity contribution in [3.8, 4) is 0 Å². The highest BCUT2D eigenvalue weighted by Gasteiger charge is 2.23. The Bertz CT molecular complexity index is 993. The van der Waals surface area contributed by atoms with E-state index in [2.05, 4.69) is 17.4 Å². The van der Waals surface area contributed by atoms with E-state index in [0.717, 1.165) is 28.2 Å². The second-order valence-electron chi connectivity index (χ2n) is 6.12. The smallest absolute Gasteiger partial charge is 0.0941 e. The van der Waals surface area contributed by atoms with Crippen LogP contribution in [0.4, 0.5) is 11.4 Å². The zero-order valence-electron chi connectivity index (χ0n) is 14.1. The molecule has 0 fully saturated rings. The summed E-state index contributed by atoms with van der Waals surface area (Å²) in [5.41, 5.74) is 11.6. The van der Waals surface area contributed by atoms with E-state index >= 15 is 0 Å². The van der Waals surface area contributed by atoms with Crippen molar-refractivity contribution in [1.82, 2.24) is 0 Å². The minimum atomic E-state index is -0.0767. The van der Waals surface area contributed by atoms with Crippen molar-refractivity contribution in [1.29, 1.82) is 0 Å². The van der Waals surface area contributed by atoms with Crippen LogP contribution in [0.5, 0.6) is 0 Å². The van der Waals surface area contributed by atoms with Crippen LogP contribution >= 0.6 is 11.6 Å². The third kappa shape index (κ3) is 3.22. The van der Waals surface area contributed by atoms with Crippen LogP contribution in [0.15, 0.2) is 89.9 Å². The predicted octanol–water partition coefficient (Wildman–Crippen LogP) is 5.58. The molecular formula is C22H18ClN3. The van der Waals surface area contributed by atoms with Gasteiger partial charge < -0.3 is 11.1 Å². The van der Waals surface area contributed by atoms with Gasteiger partial charge in [-0.3, -0.25) is 0 Å². The molecule has 1 aliphatic heterocycles. The fourth-order valence-corrected chi connectivity index (χ4v) is 3.32. The topological polar surface area (TPSA) is 50.4 Å². The zero-order chi connectivity index (χ0) is 17.9. The minimum Gasteiger partial charge on any atom is -0.398 e. The number of halogens is 1. The van der Waals surface area contributed by atoms with Crippen LogP contribution in [0.1, 0.15) is 17.2 Å². The second kappa shape index (κ2) is 7.06. The normalized spacial score (nSPS) is 16.4. The molecule has 0 saturated heterocycles. The summed E-state index contributed by atoms with van der Waals surface area (Å²) in [6.45, 7) is 0. The maximum absolute atomic E-state index is 6.36. The summed E-state index contributed by atoms with van der Waals surface area (Å²) in [6.07, 6.45) is 1.90. The van der Waals surface area contributed by atoms with Gasteiger partial charge >= 0.3 is 0 Å². The lowest BCUT2D eigenvalue weighted by molar-refractivity contribution is 1.02. The Kier molecular flexibility index (Phi) is 4.46. The van der Waals surface area contributed by atoms with Gasteiger partial charge in [-0.15, -0.1) is 0 Å². The molecule has 0 aliphatic carbocycles. The number of aliphatic imine (C=N–C) groups is 1. The summed E-state index contributed by atoms with van der Waals surface area (Å²) in [7, 11) is 0. The molecule has 0 amide bonds. The van der Waals surface area contributed by atoms with Crippen molar-refractivity contribution in [2.75, 3.05) is 5.32 Å². The lowest BCUT2D eigenvalue weighted by Gasteiger charge is -2.26. The Hall–Kier alpha value is -3.04. The first-order valence-corrected chi connectivity index (χ1v) is 8.81. The molecule has 26 heavy (non-hydrogen) atoms. The van der Waals surface area contributed by atoms with Crippen LogP contribution in [-0.2, 0) is 0 Å². The average molecular weight is 360 g/mol. The van der Waals surface area contributed by atoms with E-state index in [9.17, 15) is 0 Å². The fraction of sp³-hybridized carbons (Fsp3) is 0.0455. The van der Waals surface area contributed by atoms with Crippen LogP contribution in [0.3, 0.4) is 0 Å². The largest absolute Gasteiger partial charge is 0.398 e. The number of nitrogens with one attached hydrogen (secondary N) is 1. The van der Waals surface area contributed by atoms with E-state index in [4.69, 9.17) is 22.3 Å². The molecule has 3 aromatic carbocycles. The quantitative estimate of drug-likeness (QED) is 0.641. The molecule has 128 valence electrons. The Morgan fingerprint density at radius 3 is 2.42 bits per heavy atom. The summed E-state index contributed by atoms with van der Waals surface area (Å²) in [4.78, 5) is 4.85. The molecule has 0 radical (unpaired) electrons. The molecule has 0 aromatic heterocycles. The third-order valence-corrected chi connectivity index (χ3v) is 4.70. The SMILES string of the molecule is N/C(=C/C1=Nc2ccccc2NC1c1ccccc1)c1ccccc1Cl. The van der Waals surface area contributed by atoms with Gasteiger partial charge in [0.2, 0.25) is 0 Å². The summed E-state index contributed by atoms with van der Waals surface area (Å²) in [5.74, 6) is 0. The number of hydrogen-bond donors (Lipinski definition) is 2. The van der Waals surface area contributed by atoms with E-state index < -0.39 is 0 Å². The number of fused-ring (bicyclic) bond motifs is 1. The van der Waals surface area contributed by atoms with E-state index in [1.165, 1.54) is 0 Å². The second-order valence-corrected chi connectivity index (χ2v) is 6.53. The van der Waals surface area contributed by atoms with E-state index in [-0.39, 0.29) is 6.04 Å². The van der Waals surface area contributed by atoms with Gasteiger partial charge in [-0.05, 0) is 29.8 Å². The van der Waals surface area contributed by atoms with Gasteiger partial charge in [0.25, 0.3) is 0 Å². The summed E-state index contributed by atoms with van der Waals surface area (Å²) >= 11 is 6.29. The molecule has 0 saturated carbocycles. The van der Waals surface area contributed by atoms with Crippen molar-refractivity contribution in [3.05, 3.63) is 101 Å². The number of benzene rings is 3. The van der Waals surface area contributed by atoms with Crippen molar-refractivity contribution in [2.24, 2.45) is 10.7 Å². The Morgan fingerprint density at radius 1 is 0.923 bits per heavy atom. The summed E-state index contributed by atoms with van der Waals surface area (Å²) in [6, 6.07) is 25.7. The number of nitrogens with zero attached hydrogens (tertiary/aromatic N) is 1. The maximum Gasteiger partial charge on any atom is 0.0941 e. The zero-order valence-corrected chi connectivity index (χ0v) is 14.8. The van der Waals surface area contributed by atoms with Crippen LogP contribution in [0.2, 0.25) is 5.02 Å². The number of para-hydroxylation sites is 2. The lowest BCUT2D eigenvalue weighted by atomic mass is 9.97. The molecule has 1 unspecified atom stereocenters. The molecule has 0 spiro atoms. The maximum atomic E-state index is 6.36. The van der Waals surface area contributed by atoms with Gasteiger partial charge in [0.1, 0.15) is 0 Å². The number of rotatable bonds is 3. The minimum absolute atomic E-state index is 0.0767. The molecule has 0 bridgehead atoms. The lowest BCUT2D eigenvalue weighted by Crippen LogP contribution is -2.23. The molecular weight excluding hydrogens is 342 g/mol. The Balaban J connectivity index is 1.81. The van der Waals surface area contributed by atoms with Crippen LogP contribution in [0, 0.1) is 0 Å². The molecule has 1 heterocycles. The van der Waals surface area contributed by atoms with Crippen molar-refractivity contribution >= 4 is 34.4 Å². The molecule has 1 aliphatic rings. The molecule has 3 aromatic rings. The molecule has 3 nitrogen and oxygen atoms in total. The fourth-order valence-electron chi connectivity index (χ4n) is 3.07. The highest BCUT2D eigenvalue weighted by molar-refractivity contribution is 6.32. The molecule has 4 heteroatoms. The Morgan fingerprint density at radius 2 is 1.62 bits per heavy atom. The van der Waals surface area contributed by atoms with Gasteiger partial charge in [-0.1, -0.05) is 72.3 Å². The first-order valence-electron chi connectivity index (χ1n) is 8.43. The first-order chi connectivity index (χ1) is 12.7. The van der Waals surface area contributed by atoms with Gasteiger partial charge in [0, 0.05) is 16.3 Å². The van der Waals surface area contributed by atoms with Gasteiger partial charge in [-0.25, -0.2) is 4.99 Å². The summed E-state index contributed by atoms with van der Waals surface area (Å²) in [5, 5.41) is 4.20. The monoisotopic (exact) mass is 359 g/mol. The van der Waals surface area contributed by atoms with Crippen molar-refractivity contribution < 1.29 is 0 Å². The van der Waals surface area contributed by atoms with Crippen LogP contribution in [0.25, 0.3) is 5.70 Å². The van der Waals surface area contributed by atoms with E-state index in [1.54, 1.807) is 0 Å². The van der Waals surface area contributed by atoms with Crippen LogP contribution < -0.4 is 11.1 Å². The van der Waals surface area contributed by atoms with Crippen molar-refractivity contribution in [3.63, 3.8) is 0 Å². The highest BCUT2D eigenvalue weighted by Crippen LogP contribution is 2.35. The average Bonchev–Trinajstić information content (AvgIpc) is 2.68. The standard InChI is InChI=1S/C22H18ClN3/c23-17-11-5-4-10-16(17)18(24)14-21-22(15-8-2-1-3-9-15)26-20-13-7-6-12-19(20)25-21/h1-14,22,26H,24H2/b18-14+. The first kappa shape index (κ1) is 16.4. The van der Waals surface area contributed by atoms with E-state index in [0.29, 0.717) is 10.7 Å². The highest BCUT2D eigenvalue weighted by atomic mass is 35.5. The third-order valence-electron chi connectivity index (χ3n) is 4.37. The van der Waals surface area contributed by atoms with Gasteiger partial charge in [0.05, 0.1) is 23.1 Å². The summed E-state index contributed by atoms with van der Waals surface area (Å²) < 4.78 is 0. The van der Waals surface area contributed by atoms with Gasteiger partial charge in [-0.2, -0.15) is 0 Å². The number of nitrogens with two attached hydrogens (primary N) is 1. The molecule has 4 rings (SSSR count). The van der Waals surface area contributed by atoms with Gasteiger partial charge in [0.15, 0.2) is 0 Å². The number of anilines is 1. The molecule has 1 atom stereocenters.